The standard InChI is InChI=1S/C15H20N4O2/c1-10(19-12-7-8-18-15(17)14(12)16)13(20)9-21-11-5-3-2-4-6-11/h2-8,10,13,20H,9,16H2,1H3,(H3,17,18,19). The van der Waals surface area contributed by atoms with E-state index in [1.165, 1.54) is 0 Å². The smallest absolute Gasteiger partial charge is 0.148 e. The number of para-hydroxylation sites is 1. The van der Waals surface area contributed by atoms with Gasteiger partial charge in [0.1, 0.15) is 24.3 Å². The molecule has 0 bridgehead atoms. The van der Waals surface area contributed by atoms with E-state index in [-0.39, 0.29) is 18.5 Å². The van der Waals surface area contributed by atoms with E-state index in [4.69, 9.17) is 16.2 Å². The van der Waals surface area contributed by atoms with E-state index in [2.05, 4.69) is 10.3 Å². The third-order valence-electron chi connectivity index (χ3n) is 3.15. The third kappa shape index (κ3) is 4.00. The van der Waals surface area contributed by atoms with Crippen molar-refractivity contribution >= 4 is 17.2 Å². The number of aliphatic hydroxyl groups is 1. The topological polar surface area (TPSA) is 106 Å². The molecule has 0 saturated heterocycles. The number of hydrogen-bond acceptors (Lipinski definition) is 6. The zero-order chi connectivity index (χ0) is 15.2. The van der Waals surface area contributed by atoms with Gasteiger partial charge in [-0.05, 0) is 25.1 Å². The highest BCUT2D eigenvalue weighted by Crippen LogP contribution is 2.23. The molecule has 1 heterocycles. The van der Waals surface area contributed by atoms with Crippen LogP contribution in [0, 0.1) is 0 Å². The van der Waals surface area contributed by atoms with Crippen LogP contribution in [0.4, 0.5) is 17.2 Å². The average Bonchev–Trinajstić information content (AvgIpc) is 2.50. The van der Waals surface area contributed by atoms with Gasteiger partial charge in [-0.15, -0.1) is 0 Å². The van der Waals surface area contributed by atoms with Crippen LogP contribution in [0.5, 0.6) is 5.75 Å². The Balaban J connectivity index is 1.90. The molecule has 0 spiro atoms. The van der Waals surface area contributed by atoms with Crippen molar-refractivity contribution < 1.29 is 9.84 Å². The first-order valence-electron chi connectivity index (χ1n) is 6.70. The molecule has 21 heavy (non-hydrogen) atoms. The molecule has 1 aromatic carbocycles. The molecule has 6 nitrogen and oxygen atoms in total. The number of ether oxygens (including phenoxy) is 1. The first kappa shape index (κ1) is 14.9. The lowest BCUT2D eigenvalue weighted by Gasteiger charge is -2.22. The molecule has 0 fully saturated rings. The second-order valence-electron chi connectivity index (χ2n) is 4.78. The van der Waals surface area contributed by atoms with Crippen LogP contribution in [-0.4, -0.2) is 28.8 Å². The quantitative estimate of drug-likeness (QED) is 0.641. The summed E-state index contributed by atoms with van der Waals surface area (Å²) in [6, 6.07) is 10.8. The Bertz CT molecular complexity index is 577. The highest BCUT2D eigenvalue weighted by atomic mass is 16.5. The van der Waals surface area contributed by atoms with Crippen LogP contribution in [0.25, 0.3) is 0 Å². The number of nitrogens with two attached hydrogens (primary N) is 2. The monoisotopic (exact) mass is 288 g/mol. The second kappa shape index (κ2) is 6.81. The predicted octanol–water partition coefficient (Wildman–Crippen LogP) is 1.49. The molecule has 6 heteroatoms. The molecule has 0 radical (unpaired) electrons. The van der Waals surface area contributed by atoms with E-state index in [9.17, 15) is 5.11 Å². The summed E-state index contributed by atoms with van der Waals surface area (Å²) in [6.45, 7) is 2.02. The maximum Gasteiger partial charge on any atom is 0.148 e. The van der Waals surface area contributed by atoms with Gasteiger partial charge >= 0.3 is 0 Å². The van der Waals surface area contributed by atoms with Crippen LogP contribution in [0.1, 0.15) is 6.92 Å². The number of pyridine rings is 1. The second-order valence-corrected chi connectivity index (χ2v) is 4.78. The zero-order valence-corrected chi connectivity index (χ0v) is 11.9. The van der Waals surface area contributed by atoms with Gasteiger partial charge < -0.3 is 26.6 Å². The van der Waals surface area contributed by atoms with Crippen LogP contribution < -0.4 is 21.5 Å². The van der Waals surface area contributed by atoms with Crippen LogP contribution in [-0.2, 0) is 0 Å². The molecule has 1 aromatic heterocycles. The van der Waals surface area contributed by atoms with Crippen LogP contribution in [0.15, 0.2) is 42.6 Å². The molecule has 112 valence electrons. The van der Waals surface area contributed by atoms with E-state index in [0.717, 1.165) is 5.75 Å². The van der Waals surface area contributed by atoms with Crippen molar-refractivity contribution in [2.24, 2.45) is 0 Å². The Morgan fingerprint density at radius 1 is 1.24 bits per heavy atom. The van der Waals surface area contributed by atoms with Gasteiger partial charge in [0.15, 0.2) is 0 Å². The van der Waals surface area contributed by atoms with Gasteiger partial charge in [0, 0.05) is 6.20 Å². The largest absolute Gasteiger partial charge is 0.491 e. The summed E-state index contributed by atoms with van der Waals surface area (Å²) in [6.07, 6.45) is 0.868. The molecule has 0 saturated carbocycles. The Labute approximate surface area is 123 Å². The number of anilines is 3. The third-order valence-corrected chi connectivity index (χ3v) is 3.15. The highest BCUT2D eigenvalue weighted by Gasteiger charge is 2.16. The molecular weight excluding hydrogens is 268 g/mol. The number of aromatic nitrogens is 1. The molecule has 2 atom stereocenters. The fourth-order valence-electron chi connectivity index (χ4n) is 1.80. The summed E-state index contributed by atoms with van der Waals surface area (Å²) in [5.41, 5.74) is 12.5. The number of nitrogens with zero attached hydrogens (tertiary/aromatic N) is 1. The van der Waals surface area contributed by atoms with Crippen LogP contribution in [0.2, 0.25) is 0 Å². The van der Waals surface area contributed by atoms with Gasteiger partial charge in [-0.2, -0.15) is 0 Å². The highest BCUT2D eigenvalue weighted by molar-refractivity contribution is 5.75. The molecule has 0 aliphatic heterocycles. The summed E-state index contributed by atoms with van der Waals surface area (Å²) in [5.74, 6) is 0.985. The fourth-order valence-corrected chi connectivity index (χ4v) is 1.80. The van der Waals surface area contributed by atoms with Crippen LogP contribution in [0.3, 0.4) is 0 Å². The SMILES string of the molecule is CC(Nc1ccnc(N)c1N)C(O)COc1ccccc1. The number of rotatable bonds is 6. The normalized spacial score (nSPS) is 13.4. The van der Waals surface area contributed by atoms with Gasteiger partial charge in [-0.3, -0.25) is 0 Å². The lowest BCUT2D eigenvalue weighted by atomic mass is 10.2. The van der Waals surface area contributed by atoms with Crippen LogP contribution >= 0.6 is 0 Å². The van der Waals surface area contributed by atoms with Crippen molar-refractivity contribution in [1.82, 2.24) is 4.98 Å². The minimum absolute atomic E-state index is 0.179. The Hall–Kier alpha value is -2.47. The molecule has 2 aromatic rings. The molecule has 0 aliphatic carbocycles. The first-order valence-corrected chi connectivity index (χ1v) is 6.70. The number of benzene rings is 1. The zero-order valence-electron chi connectivity index (χ0n) is 11.9. The molecular formula is C15H20N4O2. The van der Waals surface area contributed by atoms with E-state index >= 15 is 0 Å². The Kier molecular flexibility index (Phi) is 4.84. The van der Waals surface area contributed by atoms with Gasteiger partial charge in [-0.1, -0.05) is 18.2 Å². The summed E-state index contributed by atoms with van der Waals surface area (Å²) >= 11 is 0. The molecule has 2 unspecified atom stereocenters. The van der Waals surface area contributed by atoms with Gasteiger partial charge in [-0.25, -0.2) is 4.98 Å². The predicted molar refractivity (Wildman–Crippen MR) is 84.1 cm³/mol. The summed E-state index contributed by atoms with van der Waals surface area (Å²) in [7, 11) is 0. The minimum Gasteiger partial charge on any atom is -0.491 e. The average molecular weight is 288 g/mol. The van der Waals surface area contributed by atoms with Crippen molar-refractivity contribution in [3.63, 3.8) is 0 Å². The Morgan fingerprint density at radius 2 is 1.95 bits per heavy atom. The minimum atomic E-state index is -0.695. The fraction of sp³-hybridized carbons (Fsp3) is 0.267. The van der Waals surface area contributed by atoms with Crippen molar-refractivity contribution in [3.8, 4) is 5.75 Å². The first-order chi connectivity index (χ1) is 10.1. The molecule has 0 amide bonds. The Morgan fingerprint density at radius 3 is 2.67 bits per heavy atom. The number of aliphatic hydroxyl groups excluding tert-OH is 1. The van der Waals surface area contributed by atoms with Crippen molar-refractivity contribution in [2.45, 2.75) is 19.1 Å². The van der Waals surface area contributed by atoms with E-state index < -0.39 is 6.10 Å². The summed E-state index contributed by atoms with van der Waals surface area (Å²) in [5, 5.41) is 13.2. The van der Waals surface area contributed by atoms with Gasteiger partial charge in [0.05, 0.1) is 17.4 Å². The number of nitrogen functional groups attached to an aromatic ring is 2. The molecule has 6 N–H and O–H groups in total. The van der Waals surface area contributed by atoms with Crippen molar-refractivity contribution in [1.29, 1.82) is 0 Å². The van der Waals surface area contributed by atoms with E-state index in [0.29, 0.717) is 11.4 Å². The maximum absolute atomic E-state index is 10.1. The van der Waals surface area contributed by atoms with E-state index in [1.807, 2.05) is 37.3 Å². The number of nitrogens with one attached hydrogen (secondary N) is 1. The lowest BCUT2D eigenvalue weighted by molar-refractivity contribution is 0.0953. The number of hydrogen-bond donors (Lipinski definition) is 4. The molecule has 2 rings (SSSR count). The van der Waals surface area contributed by atoms with Crippen molar-refractivity contribution in [2.75, 3.05) is 23.4 Å². The van der Waals surface area contributed by atoms with E-state index in [1.54, 1.807) is 12.3 Å². The summed E-state index contributed by atoms with van der Waals surface area (Å²) < 4.78 is 5.52. The van der Waals surface area contributed by atoms with Gasteiger partial charge in [0.2, 0.25) is 0 Å². The van der Waals surface area contributed by atoms with Gasteiger partial charge in [0.25, 0.3) is 0 Å². The molecule has 0 aliphatic rings. The van der Waals surface area contributed by atoms with Crippen molar-refractivity contribution in [3.05, 3.63) is 42.6 Å². The summed E-state index contributed by atoms with van der Waals surface area (Å²) in [4.78, 5) is 3.89. The maximum atomic E-state index is 10.1. The lowest BCUT2D eigenvalue weighted by Crippen LogP contribution is -2.35.